The lowest BCUT2D eigenvalue weighted by Crippen LogP contribution is -2.48. The molecule has 0 saturated heterocycles. The number of halogens is 1. The molecule has 4 aromatic rings. The first-order valence-corrected chi connectivity index (χ1v) is 11.9. The van der Waals surface area contributed by atoms with E-state index in [0.717, 1.165) is 21.9 Å². The van der Waals surface area contributed by atoms with Crippen LogP contribution in [-0.2, 0) is 11.3 Å². The van der Waals surface area contributed by atoms with Crippen LogP contribution in [0, 0.1) is 6.92 Å². The number of hydrogen-bond donors (Lipinski definition) is 1. The van der Waals surface area contributed by atoms with Crippen LogP contribution in [0.15, 0.2) is 84.9 Å². The van der Waals surface area contributed by atoms with E-state index in [1.807, 2.05) is 43.3 Å². The number of carbonyl (C=O) groups excluding carboxylic acids is 3. The molecule has 5 rings (SSSR count). The van der Waals surface area contributed by atoms with Crippen molar-refractivity contribution in [2.75, 3.05) is 16.3 Å². The number of para-hydroxylation sites is 2. The molecule has 2 amide bonds. The van der Waals surface area contributed by atoms with Gasteiger partial charge < -0.3 is 15.5 Å². The van der Waals surface area contributed by atoms with Crippen molar-refractivity contribution >= 4 is 52.2 Å². The van der Waals surface area contributed by atoms with Crippen molar-refractivity contribution in [3.05, 3.63) is 107 Å². The van der Waals surface area contributed by atoms with Gasteiger partial charge in [-0.15, -0.1) is 12.4 Å². The van der Waals surface area contributed by atoms with E-state index in [9.17, 15) is 14.4 Å². The molecule has 6 nitrogen and oxygen atoms in total. The van der Waals surface area contributed by atoms with Gasteiger partial charge in [-0.05, 0) is 60.0 Å². The number of amides is 2. The third-order valence-corrected chi connectivity index (χ3v) is 6.80. The van der Waals surface area contributed by atoms with Gasteiger partial charge in [0.15, 0.2) is 5.78 Å². The van der Waals surface area contributed by atoms with Crippen molar-refractivity contribution in [3.8, 4) is 0 Å². The third kappa shape index (κ3) is 4.86. The van der Waals surface area contributed by atoms with Crippen LogP contribution in [0.5, 0.6) is 0 Å². The summed E-state index contributed by atoms with van der Waals surface area (Å²) in [6.45, 7) is 3.91. The molecule has 0 spiro atoms. The standard InChI is InChI=1S/C30H27N3O3.ClH/c1-19-11-12-22-7-3-4-8-24(22)25(19)17-32-27-9-5-6-10-28(27)33(18-26(31)30(32)36)29(35)23-15-13-21(14-16-23)20(2)34;/h3-16,26H,17-18,31H2,1-2H3;1H/t26-;/m0./s1. The van der Waals surface area contributed by atoms with E-state index in [4.69, 9.17) is 5.73 Å². The molecule has 0 fully saturated rings. The first kappa shape index (κ1) is 26.1. The Morgan fingerprint density at radius 2 is 1.49 bits per heavy atom. The zero-order valence-corrected chi connectivity index (χ0v) is 21.5. The Kier molecular flexibility index (Phi) is 7.43. The van der Waals surface area contributed by atoms with Gasteiger partial charge in [-0.2, -0.15) is 0 Å². The average Bonchev–Trinajstić information content (AvgIpc) is 3.00. The van der Waals surface area contributed by atoms with Gasteiger partial charge in [-0.25, -0.2) is 0 Å². The Hall–Kier alpha value is -4.00. The fourth-order valence-electron chi connectivity index (χ4n) is 4.78. The van der Waals surface area contributed by atoms with Crippen LogP contribution in [0.2, 0.25) is 0 Å². The van der Waals surface area contributed by atoms with Gasteiger partial charge in [0.25, 0.3) is 5.91 Å². The molecule has 0 unspecified atom stereocenters. The SMILES string of the molecule is CC(=O)c1ccc(C(=O)N2C[C@H](N)C(=O)N(Cc3c(C)ccc4ccccc34)c3ccccc32)cc1.Cl. The number of nitrogens with two attached hydrogens (primary N) is 1. The monoisotopic (exact) mass is 513 g/mol. The summed E-state index contributed by atoms with van der Waals surface area (Å²) in [6.07, 6.45) is 0. The van der Waals surface area contributed by atoms with Gasteiger partial charge in [-0.1, -0.05) is 60.7 Å². The van der Waals surface area contributed by atoms with Crippen molar-refractivity contribution in [2.24, 2.45) is 5.73 Å². The van der Waals surface area contributed by atoms with Crippen molar-refractivity contribution < 1.29 is 14.4 Å². The summed E-state index contributed by atoms with van der Waals surface area (Å²) < 4.78 is 0. The lowest BCUT2D eigenvalue weighted by Gasteiger charge is -2.26. The molecule has 0 aromatic heterocycles. The number of carbonyl (C=O) groups is 3. The van der Waals surface area contributed by atoms with Crippen molar-refractivity contribution in [1.82, 2.24) is 0 Å². The smallest absolute Gasteiger partial charge is 0.258 e. The molecule has 1 aliphatic rings. The van der Waals surface area contributed by atoms with E-state index in [1.165, 1.54) is 6.92 Å². The minimum Gasteiger partial charge on any atom is -0.318 e. The fourth-order valence-corrected chi connectivity index (χ4v) is 4.78. The van der Waals surface area contributed by atoms with Gasteiger partial charge in [0.1, 0.15) is 6.04 Å². The average molecular weight is 514 g/mol. The number of Topliss-reactive ketones (excluding diaryl/α,β-unsaturated/α-hetero) is 1. The molecule has 1 heterocycles. The number of aryl methyl sites for hydroxylation is 1. The number of hydrogen-bond acceptors (Lipinski definition) is 4. The van der Waals surface area contributed by atoms with Crippen LogP contribution in [0.25, 0.3) is 10.8 Å². The van der Waals surface area contributed by atoms with Crippen molar-refractivity contribution in [1.29, 1.82) is 0 Å². The van der Waals surface area contributed by atoms with Gasteiger partial charge in [0.05, 0.1) is 24.5 Å². The van der Waals surface area contributed by atoms with Gasteiger partial charge in [0.2, 0.25) is 5.91 Å². The topological polar surface area (TPSA) is 83.7 Å². The molecule has 0 aliphatic carbocycles. The summed E-state index contributed by atoms with van der Waals surface area (Å²) in [7, 11) is 0. The summed E-state index contributed by atoms with van der Waals surface area (Å²) in [4.78, 5) is 42.1. The number of ketones is 1. The highest BCUT2D eigenvalue weighted by Crippen LogP contribution is 2.36. The normalized spacial score (nSPS) is 15.1. The number of fused-ring (bicyclic) bond motifs is 2. The Morgan fingerprint density at radius 1 is 0.865 bits per heavy atom. The maximum atomic E-state index is 13.6. The molecular formula is C30H28ClN3O3. The van der Waals surface area contributed by atoms with Crippen LogP contribution >= 0.6 is 12.4 Å². The lowest BCUT2D eigenvalue weighted by molar-refractivity contribution is -0.119. The summed E-state index contributed by atoms with van der Waals surface area (Å²) in [5.41, 5.74) is 10.7. The molecule has 4 aromatic carbocycles. The van der Waals surface area contributed by atoms with E-state index in [-0.39, 0.29) is 36.5 Å². The molecule has 188 valence electrons. The molecule has 0 bridgehead atoms. The first-order valence-electron chi connectivity index (χ1n) is 11.9. The minimum atomic E-state index is -0.895. The third-order valence-electron chi connectivity index (χ3n) is 6.80. The van der Waals surface area contributed by atoms with E-state index >= 15 is 0 Å². The second kappa shape index (κ2) is 10.5. The highest BCUT2D eigenvalue weighted by molar-refractivity contribution is 6.12. The van der Waals surface area contributed by atoms with Crippen molar-refractivity contribution in [3.63, 3.8) is 0 Å². The zero-order valence-electron chi connectivity index (χ0n) is 20.7. The highest BCUT2D eigenvalue weighted by Gasteiger charge is 2.34. The first-order chi connectivity index (χ1) is 17.3. The van der Waals surface area contributed by atoms with E-state index in [0.29, 0.717) is 29.0 Å². The van der Waals surface area contributed by atoms with Crippen LogP contribution < -0.4 is 15.5 Å². The summed E-state index contributed by atoms with van der Waals surface area (Å²) in [5.74, 6) is -0.581. The summed E-state index contributed by atoms with van der Waals surface area (Å²) >= 11 is 0. The Morgan fingerprint density at radius 3 is 2.19 bits per heavy atom. The molecule has 37 heavy (non-hydrogen) atoms. The lowest BCUT2D eigenvalue weighted by atomic mass is 9.99. The predicted octanol–water partition coefficient (Wildman–Crippen LogP) is 5.29. The molecule has 0 radical (unpaired) electrons. The van der Waals surface area contributed by atoms with Crippen LogP contribution in [-0.4, -0.2) is 30.2 Å². The van der Waals surface area contributed by atoms with Crippen LogP contribution in [0.4, 0.5) is 11.4 Å². The molecular weight excluding hydrogens is 486 g/mol. The van der Waals surface area contributed by atoms with E-state index < -0.39 is 6.04 Å². The minimum absolute atomic E-state index is 0. The second-order valence-electron chi connectivity index (χ2n) is 9.15. The molecule has 1 aliphatic heterocycles. The molecule has 0 saturated carbocycles. The number of benzene rings is 4. The number of rotatable bonds is 4. The zero-order chi connectivity index (χ0) is 25.4. The van der Waals surface area contributed by atoms with Crippen LogP contribution in [0.1, 0.15) is 38.8 Å². The molecule has 2 N–H and O–H groups in total. The van der Waals surface area contributed by atoms with Gasteiger partial charge in [0, 0.05) is 11.1 Å². The quantitative estimate of drug-likeness (QED) is 0.376. The number of nitrogens with zero attached hydrogens (tertiary/aromatic N) is 2. The van der Waals surface area contributed by atoms with Gasteiger partial charge in [-0.3, -0.25) is 14.4 Å². The Labute approximate surface area is 222 Å². The Bertz CT molecular complexity index is 1500. The predicted molar refractivity (Wildman–Crippen MR) is 150 cm³/mol. The maximum absolute atomic E-state index is 13.6. The number of anilines is 2. The fraction of sp³-hybridized carbons (Fsp3) is 0.167. The van der Waals surface area contributed by atoms with E-state index in [1.54, 1.807) is 34.1 Å². The summed E-state index contributed by atoms with van der Waals surface area (Å²) in [6, 6.07) is 25.3. The largest absolute Gasteiger partial charge is 0.318 e. The van der Waals surface area contributed by atoms with Crippen molar-refractivity contribution in [2.45, 2.75) is 26.4 Å². The van der Waals surface area contributed by atoms with Gasteiger partial charge >= 0.3 is 0 Å². The van der Waals surface area contributed by atoms with E-state index in [2.05, 4.69) is 24.3 Å². The molecule has 1 atom stereocenters. The molecule has 7 heteroatoms. The Balaban J connectivity index is 0.00000320. The summed E-state index contributed by atoms with van der Waals surface area (Å²) in [5, 5.41) is 2.18. The second-order valence-corrected chi connectivity index (χ2v) is 9.15. The maximum Gasteiger partial charge on any atom is 0.258 e. The highest BCUT2D eigenvalue weighted by atomic mass is 35.5. The van der Waals surface area contributed by atoms with Crippen LogP contribution in [0.3, 0.4) is 0 Å².